The van der Waals surface area contributed by atoms with E-state index in [9.17, 15) is 8.42 Å². The second kappa shape index (κ2) is 8.24. The standard InChI is InChI=1S/C19H24N6O2S/c26-28(27,16-8-4-3-5-9-16)23-10-13-25-19-17(14-22-25)18(20-15-21-19)24-11-6-1-2-7-12-24/h3-5,8-9,14-15,23H,1-2,6-7,10-13H2. The van der Waals surface area contributed by atoms with Crippen LogP contribution in [0.1, 0.15) is 25.7 Å². The second-order valence-corrected chi connectivity index (χ2v) is 8.68. The van der Waals surface area contributed by atoms with Crippen molar-refractivity contribution in [1.82, 2.24) is 24.5 Å². The van der Waals surface area contributed by atoms with Gasteiger partial charge in [0.1, 0.15) is 12.1 Å². The largest absolute Gasteiger partial charge is 0.356 e. The van der Waals surface area contributed by atoms with Gasteiger partial charge in [-0.2, -0.15) is 5.10 Å². The normalized spacial score (nSPS) is 15.6. The van der Waals surface area contributed by atoms with Crippen molar-refractivity contribution in [2.24, 2.45) is 0 Å². The van der Waals surface area contributed by atoms with Crippen LogP contribution in [0.3, 0.4) is 0 Å². The van der Waals surface area contributed by atoms with E-state index in [0.29, 0.717) is 6.54 Å². The van der Waals surface area contributed by atoms with Gasteiger partial charge in [0.25, 0.3) is 0 Å². The highest BCUT2D eigenvalue weighted by molar-refractivity contribution is 7.89. The number of rotatable bonds is 6. The number of sulfonamides is 1. The first-order valence-electron chi connectivity index (χ1n) is 9.61. The summed E-state index contributed by atoms with van der Waals surface area (Å²) in [5.41, 5.74) is 0.730. The molecule has 0 bridgehead atoms. The molecule has 3 aromatic rings. The number of hydrogen-bond donors (Lipinski definition) is 1. The van der Waals surface area contributed by atoms with Crippen LogP contribution in [0, 0.1) is 0 Å². The lowest BCUT2D eigenvalue weighted by Crippen LogP contribution is -2.27. The molecule has 1 saturated heterocycles. The van der Waals surface area contributed by atoms with E-state index in [0.717, 1.165) is 29.9 Å². The quantitative estimate of drug-likeness (QED) is 0.682. The summed E-state index contributed by atoms with van der Waals surface area (Å²) in [6, 6.07) is 8.35. The number of fused-ring (bicyclic) bond motifs is 1. The molecule has 1 aromatic carbocycles. The Morgan fingerprint density at radius 3 is 2.50 bits per heavy atom. The van der Waals surface area contributed by atoms with Gasteiger partial charge in [-0.25, -0.2) is 27.8 Å². The van der Waals surface area contributed by atoms with Crippen LogP contribution < -0.4 is 9.62 Å². The smallest absolute Gasteiger partial charge is 0.240 e. The molecule has 0 atom stereocenters. The third-order valence-electron chi connectivity index (χ3n) is 4.99. The van der Waals surface area contributed by atoms with E-state index in [-0.39, 0.29) is 11.4 Å². The molecule has 0 saturated carbocycles. The average molecular weight is 401 g/mol. The summed E-state index contributed by atoms with van der Waals surface area (Å²) in [6.45, 7) is 2.62. The fraction of sp³-hybridized carbons (Fsp3) is 0.421. The van der Waals surface area contributed by atoms with E-state index in [1.54, 1.807) is 47.5 Å². The Morgan fingerprint density at radius 1 is 1.00 bits per heavy atom. The number of anilines is 1. The van der Waals surface area contributed by atoms with Gasteiger partial charge < -0.3 is 4.90 Å². The predicted octanol–water partition coefficient (Wildman–Crippen LogP) is 2.19. The van der Waals surface area contributed by atoms with E-state index in [1.807, 2.05) is 0 Å². The molecule has 3 heterocycles. The summed E-state index contributed by atoms with van der Waals surface area (Å²) in [4.78, 5) is 11.4. The number of nitrogens with zero attached hydrogens (tertiary/aromatic N) is 5. The molecule has 4 rings (SSSR count). The summed E-state index contributed by atoms with van der Waals surface area (Å²) in [7, 11) is -3.53. The number of aromatic nitrogens is 4. The van der Waals surface area contributed by atoms with Gasteiger partial charge in [0.15, 0.2) is 5.65 Å². The van der Waals surface area contributed by atoms with E-state index >= 15 is 0 Å². The van der Waals surface area contributed by atoms with E-state index in [4.69, 9.17) is 0 Å². The minimum Gasteiger partial charge on any atom is -0.356 e. The van der Waals surface area contributed by atoms with Crippen molar-refractivity contribution in [3.63, 3.8) is 0 Å². The SMILES string of the molecule is O=S(=O)(NCCn1ncc2c(N3CCCCCC3)ncnc21)c1ccccc1. The summed E-state index contributed by atoms with van der Waals surface area (Å²) < 4.78 is 29.0. The maximum absolute atomic E-state index is 12.3. The van der Waals surface area contributed by atoms with Gasteiger partial charge in [-0.1, -0.05) is 31.0 Å². The van der Waals surface area contributed by atoms with Crippen LogP contribution >= 0.6 is 0 Å². The fourth-order valence-corrected chi connectivity index (χ4v) is 4.59. The molecule has 1 N–H and O–H groups in total. The molecule has 0 spiro atoms. The Labute approximate surface area is 164 Å². The molecule has 0 radical (unpaired) electrons. The molecule has 8 nitrogen and oxygen atoms in total. The Morgan fingerprint density at radius 2 is 1.75 bits per heavy atom. The highest BCUT2D eigenvalue weighted by Gasteiger charge is 2.18. The lowest BCUT2D eigenvalue weighted by atomic mass is 10.2. The Bertz CT molecular complexity index is 1030. The highest BCUT2D eigenvalue weighted by atomic mass is 32.2. The summed E-state index contributed by atoms with van der Waals surface area (Å²) in [5.74, 6) is 0.919. The molecule has 148 valence electrons. The van der Waals surface area contributed by atoms with Gasteiger partial charge in [0, 0.05) is 19.6 Å². The third kappa shape index (κ3) is 4.00. The van der Waals surface area contributed by atoms with Gasteiger partial charge in [0.05, 0.1) is 23.0 Å². The molecule has 1 aliphatic rings. The van der Waals surface area contributed by atoms with Gasteiger partial charge in [-0.05, 0) is 25.0 Å². The topological polar surface area (TPSA) is 93.0 Å². The van der Waals surface area contributed by atoms with Crippen LogP contribution in [0.15, 0.2) is 47.8 Å². The van der Waals surface area contributed by atoms with Gasteiger partial charge >= 0.3 is 0 Å². The maximum Gasteiger partial charge on any atom is 0.240 e. The van der Waals surface area contributed by atoms with Gasteiger partial charge in [-0.15, -0.1) is 0 Å². The van der Waals surface area contributed by atoms with Crippen molar-refractivity contribution in [3.8, 4) is 0 Å². The molecular weight excluding hydrogens is 376 g/mol. The van der Waals surface area contributed by atoms with Crippen molar-refractivity contribution >= 4 is 26.9 Å². The van der Waals surface area contributed by atoms with Crippen LogP contribution in [-0.4, -0.2) is 47.8 Å². The summed E-state index contributed by atoms with van der Waals surface area (Å²) >= 11 is 0. The maximum atomic E-state index is 12.3. The van der Waals surface area contributed by atoms with Crippen molar-refractivity contribution in [1.29, 1.82) is 0 Å². The lowest BCUT2D eigenvalue weighted by Gasteiger charge is -2.21. The molecule has 9 heteroatoms. The number of benzene rings is 1. The van der Waals surface area contributed by atoms with Crippen LogP contribution in [-0.2, 0) is 16.6 Å². The van der Waals surface area contributed by atoms with E-state index < -0.39 is 10.0 Å². The fourth-order valence-electron chi connectivity index (χ4n) is 3.55. The second-order valence-electron chi connectivity index (χ2n) is 6.91. The zero-order valence-electron chi connectivity index (χ0n) is 15.7. The van der Waals surface area contributed by atoms with Crippen molar-refractivity contribution in [2.45, 2.75) is 37.1 Å². The first-order chi connectivity index (χ1) is 13.6. The van der Waals surface area contributed by atoms with Gasteiger partial charge in [0.2, 0.25) is 10.0 Å². The molecule has 1 aliphatic heterocycles. The first kappa shape index (κ1) is 18.8. The van der Waals surface area contributed by atoms with Crippen molar-refractivity contribution in [3.05, 3.63) is 42.9 Å². The molecule has 2 aromatic heterocycles. The zero-order valence-corrected chi connectivity index (χ0v) is 16.5. The minimum atomic E-state index is -3.53. The van der Waals surface area contributed by atoms with Crippen molar-refractivity contribution in [2.75, 3.05) is 24.5 Å². The summed E-state index contributed by atoms with van der Waals surface area (Å²) in [5, 5.41) is 5.33. The molecule has 1 fully saturated rings. The number of hydrogen-bond acceptors (Lipinski definition) is 6. The first-order valence-corrected chi connectivity index (χ1v) is 11.1. The monoisotopic (exact) mass is 400 g/mol. The molecule has 28 heavy (non-hydrogen) atoms. The average Bonchev–Trinajstić information content (AvgIpc) is 2.94. The Hall–Kier alpha value is -2.52. The highest BCUT2D eigenvalue weighted by Crippen LogP contribution is 2.25. The Kier molecular flexibility index (Phi) is 5.54. The van der Waals surface area contributed by atoms with Crippen LogP contribution in [0.25, 0.3) is 11.0 Å². The molecule has 0 unspecified atom stereocenters. The zero-order chi connectivity index (χ0) is 19.4. The van der Waals surface area contributed by atoms with Crippen LogP contribution in [0.2, 0.25) is 0 Å². The van der Waals surface area contributed by atoms with E-state index in [1.165, 1.54) is 25.7 Å². The number of nitrogens with one attached hydrogen (secondary N) is 1. The third-order valence-corrected chi connectivity index (χ3v) is 6.46. The summed E-state index contributed by atoms with van der Waals surface area (Å²) in [6.07, 6.45) is 8.19. The lowest BCUT2D eigenvalue weighted by molar-refractivity contribution is 0.564. The van der Waals surface area contributed by atoms with E-state index in [2.05, 4.69) is 24.7 Å². The van der Waals surface area contributed by atoms with Crippen LogP contribution in [0.4, 0.5) is 5.82 Å². The molecular formula is C19H24N6O2S. The minimum absolute atomic E-state index is 0.233. The Balaban J connectivity index is 1.49. The van der Waals surface area contributed by atoms with Crippen molar-refractivity contribution < 1.29 is 8.42 Å². The molecule has 0 aliphatic carbocycles. The molecule has 0 amide bonds. The van der Waals surface area contributed by atoms with Gasteiger partial charge in [-0.3, -0.25) is 0 Å². The predicted molar refractivity (Wildman–Crippen MR) is 108 cm³/mol. The van der Waals surface area contributed by atoms with Crippen LogP contribution in [0.5, 0.6) is 0 Å².